The van der Waals surface area contributed by atoms with Gasteiger partial charge < -0.3 is 5.32 Å². The third-order valence-electron chi connectivity index (χ3n) is 2.28. The van der Waals surface area contributed by atoms with Crippen LogP contribution in [0.2, 0.25) is 0 Å². The van der Waals surface area contributed by atoms with E-state index in [0.717, 1.165) is 12.8 Å². The average molecular weight is 177 g/mol. The van der Waals surface area contributed by atoms with E-state index < -0.39 is 0 Å². The standard InChI is InChI=1S/C9H18ClN/c1-8(2)5-7(10)6-9(3,4)11-8/h7,11H,5-6H2,1-4H3/p+1. The van der Waals surface area contributed by atoms with Crippen molar-refractivity contribution < 1.29 is 5.32 Å². The SMILES string of the molecule is CC1(C)CC(Cl)CC(C)(C)[NH2+]1. The van der Waals surface area contributed by atoms with E-state index in [-0.39, 0.29) is 0 Å². The van der Waals surface area contributed by atoms with Crippen LogP contribution in [0.1, 0.15) is 40.5 Å². The lowest BCUT2D eigenvalue weighted by Crippen LogP contribution is -3.05. The van der Waals surface area contributed by atoms with Crippen molar-refractivity contribution in [2.24, 2.45) is 0 Å². The molecule has 11 heavy (non-hydrogen) atoms. The minimum Gasteiger partial charge on any atom is -0.337 e. The number of hydrogen-bond acceptors (Lipinski definition) is 0. The number of alkyl halides is 1. The summed E-state index contributed by atoms with van der Waals surface area (Å²) in [5.74, 6) is 0. The van der Waals surface area contributed by atoms with E-state index in [0.29, 0.717) is 16.5 Å². The Morgan fingerprint density at radius 1 is 1.09 bits per heavy atom. The van der Waals surface area contributed by atoms with Crippen LogP contribution in [-0.2, 0) is 0 Å². The van der Waals surface area contributed by atoms with Gasteiger partial charge >= 0.3 is 0 Å². The van der Waals surface area contributed by atoms with Gasteiger partial charge in [-0.15, -0.1) is 11.6 Å². The van der Waals surface area contributed by atoms with Gasteiger partial charge in [-0.2, -0.15) is 0 Å². The van der Waals surface area contributed by atoms with E-state index >= 15 is 0 Å². The summed E-state index contributed by atoms with van der Waals surface area (Å²) in [5.41, 5.74) is 0.655. The Morgan fingerprint density at radius 2 is 1.45 bits per heavy atom. The second kappa shape index (κ2) is 2.63. The molecule has 0 saturated carbocycles. The van der Waals surface area contributed by atoms with Gasteiger partial charge in [-0.3, -0.25) is 0 Å². The fraction of sp³-hybridized carbons (Fsp3) is 1.00. The molecule has 66 valence electrons. The zero-order valence-corrected chi connectivity index (χ0v) is 8.70. The maximum atomic E-state index is 6.17. The normalized spacial score (nSPS) is 30.3. The summed E-state index contributed by atoms with van der Waals surface area (Å²) in [4.78, 5) is 0. The van der Waals surface area contributed by atoms with Crippen LogP contribution in [0.25, 0.3) is 0 Å². The highest BCUT2D eigenvalue weighted by Crippen LogP contribution is 2.25. The highest BCUT2D eigenvalue weighted by atomic mass is 35.5. The highest BCUT2D eigenvalue weighted by molar-refractivity contribution is 6.20. The zero-order chi connectivity index (χ0) is 8.70. The summed E-state index contributed by atoms with van der Waals surface area (Å²) in [6.45, 7) is 9.07. The predicted octanol–water partition coefficient (Wildman–Crippen LogP) is 1.51. The van der Waals surface area contributed by atoms with Crippen LogP contribution in [0.4, 0.5) is 0 Å². The molecule has 0 aromatic rings. The first-order chi connectivity index (χ1) is 4.81. The third kappa shape index (κ3) is 2.64. The maximum absolute atomic E-state index is 6.17. The maximum Gasteiger partial charge on any atom is 0.0922 e. The van der Waals surface area contributed by atoms with Crippen LogP contribution in [0.15, 0.2) is 0 Å². The molecule has 2 N–H and O–H groups in total. The van der Waals surface area contributed by atoms with E-state index in [1.807, 2.05) is 0 Å². The largest absolute Gasteiger partial charge is 0.337 e. The van der Waals surface area contributed by atoms with Crippen LogP contribution in [0.3, 0.4) is 0 Å². The molecule has 1 rings (SSSR count). The van der Waals surface area contributed by atoms with Gasteiger partial charge in [0.1, 0.15) is 0 Å². The van der Waals surface area contributed by atoms with Gasteiger partial charge in [-0.05, 0) is 27.7 Å². The van der Waals surface area contributed by atoms with E-state index in [1.54, 1.807) is 0 Å². The molecular weight excluding hydrogens is 158 g/mol. The number of quaternary nitrogens is 1. The van der Waals surface area contributed by atoms with Crippen molar-refractivity contribution in [1.82, 2.24) is 0 Å². The van der Waals surface area contributed by atoms with E-state index in [9.17, 15) is 0 Å². The van der Waals surface area contributed by atoms with Crippen LogP contribution in [0.5, 0.6) is 0 Å². The molecule has 0 radical (unpaired) electrons. The number of piperidine rings is 1. The Morgan fingerprint density at radius 3 is 1.73 bits per heavy atom. The Labute approximate surface area is 74.5 Å². The first-order valence-corrected chi connectivity index (χ1v) is 4.76. The molecule has 0 unspecified atom stereocenters. The van der Waals surface area contributed by atoms with Gasteiger partial charge in [-0.1, -0.05) is 0 Å². The minimum absolute atomic E-state index is 0.328. The molecule has 1 nitrogen and oxygen atoms in total. The predicted molar refractivity (Wildman–Crippen MR) is 49.0 cm³/mol. The molecule has 0 aromatic carbocycles. The highest BCUT2D eigenvalue weighted by Gasteiger charge is 2.40. The lowest BCUT2D eigenvalue weighted by molar-refractivity contribution is -0.786. The van der Waals surface area contributed by atoms with Crippen molar-refractivity contribution >= 4 is 11.6 Å². The van der Waals surface area contributed by atoms with Gasteiger partial charge in [0, 0.05) is 18.2 Å². The Balaban J connectivity index is 2.66. The molecule has 0 bridgehead atoms. The second-order valence-electron chi connectivity index (χ2n) is 5.13. The van der Waals surface area contributed by atoms with Crippen LogP contribution in [0, 0.1) is 0 Å². The number of nitrogens with two attached hydrogens (primary N) is 1. The van der Waals surface area contributed by atoms with Crippen molar-refractivity contribution in [1.29, 1.82) is 0 Å². The molecule has 0 amide bonds. The molecule has 2 heteroatoms. The first kappa shape index (κ1) is 9.34. The summed E-state index contributed by atoms with van der Waals surface area (Å²) < 4.78 is 0. The lowest BCUT2D eigenvalue weighted by Gasteiger charge is -2.40. The zero-order valence-electron chi connectivity index (χ0n) is 7.95. The molecule has 0 spiro atoms. The molecule has 0 aromatic heterocycles. The summed E-state index contributed by atoms with van der Waals surface area (Å²) in [6.07, 6.45) is 2.25. The monoisotopic (exact) mass is 176 g/mol. The molecule has 1 saturated heterocycles. The van der Waals surface area contributed by atoms with Crippen molar-refractivity contribution in [3.63, 3.8) is 0 Å². The van der Waals surface area contributed by atoms with E-state index in [4.69, 9.17) is 11.6 Å². The van der Waals surface area contributed by atoms with Crippen LogP contribution >= 0.6 is 11.6 Å². The Hall–Kier alpha value is 0.250. The van der Waals surface area contributed by atoms with Crippen molar-refractivity contribution in [3.05, 3.63) is 0 Å². The van der Waals surface area contributed by atoms with Gasteiger partial charge in [0.2, 0.25) is 0 Å². The number of rotatable bonds is 0. The smallest absolute Gasteiger partial charge is 0.0922 e. The average Bonchev–Trinajstić information content (AvgIpc) is 1.49. The van der Waals surface area contributed by atoms with Gasteiger partial charge in [0.25, 0.3) is 0 Å². The quantitative estimate of drug-likeness (QED) is 0.539. The van der Waals surface area contributed by atoms with Gasteiger partial charge in [-0.25, -0.2) is 0 Å². The lowest BCUT2D eigenvalue weighted by atomic mass is 9.82. The topological polar surface area (TPSA) is 16.6 Å². The minimum atomic E-state index is 0.328. The van der Waals surface area contributed by atoms with Crippen molar-refractivity contribution in [2.45, 2.75) is 57.0 Å². The molecule has 0 atom stereocenters. The summed E-state index contributed by atoms with van der Waals surface area (Å²) >= 11 is 6.17. The van der Waals surface area contributed by atoms with Crippen LogP contribution in [-0.4, -0.2) is 16.5 Å². The molecule has 0 aliphatic carbocycles. The molecule has 1 fully saturated rings. The Bertz CT molecular complexity index is 136. The number of halogens is 1. The first-order valence-electron chi connectivity index (χ1n) is 4.32. The second-order valence-corrected chi connectivity index (χ2v) is 5.74. The summed E-state index contributed by atoms with van der Waals surface area (Å²) in [5, 5.41) is 2.81. The van der Waals surface area contributed by atoms with Crippen LogP contribution < -0.4 is 5.32 Å². The summed E-state index contributed by atoms with van der Waals surface area (Å²) in [7, 11) is 0. The third-order valence-corrected chi connectivity index (χ3v) is 2.59. The molecule has 1 aliphatic heterocycles. The van der Waals surface area contributed by atoms with Gasteiger partial charge in [0.05, 0.1) is 11.1 Å². The van der Waals surface area contributed by atoms with E-state index in [1.165, 1.54) is 0 Å². The van der Waals surface area contributed by atoms with E-state index in [2.05, 4.69) is 33.0 Å². The fourth-order valence-electron chi connectivity index (χ4n) is 2.39. The molecule has 1 heterocycles. The molecular formula is C9H19ClN+. The van der Waals surface area contributed by atoms with Gasteiger partial charge in [0.15, 0.2) is 0 Å². The number of hydrogen-bond donors (Lipinski definition) is 1. The van der Waals surface area contributed by atoms with Crippen molar-refractivity contribution in [2.75, 3.05) is 0 Å². The molecule has 1 aliphatic rings. The van der Waals surface area contributed by atoms with Crippen molar-refractivity contribution in [3.8, 4) is 0 Å². The summed E-state index contributed by atoms with van der Waals surface area (Å²) in [6, 6.07) is 0. The fourth-order valence-corrected chi connectivity index (χ4v) is 3.18. The Kier molecular flexibility index (Phi) is 2.24.